The summed E-state index contributed by atoms with van der Waals surface area (Å²) >= 11 is 0. The molecule has 2 aromatic rings. The lowest BCUT2D eigenvalue weighted by Crippen LogP contribution is -2.19. The third kappa shape index (κ3) is 3.70. The average Bonchev–Trinajstić information content (AvgIpc) is 2.53. The van der Waals surface area contributed by atoms with Crippen LogP contribution >= 0.6 is 0 Å². The van der Waals surface area contributed by atoms with E-state index >= 15 is 0 Å². The van der Waals surface area contributed by atoms with Crippen molar-refractivity contribution in [2.24, 2.45) is 0 Å². The molecule has 1 aromatic carbocycles. The number of nitrogens with zero attached hydrogens (tertiary/aromatic N) is 1. The molecular weight excluding hydrogens is 271 g/mol. The van der Waals surface area contributed by atoms with Crippen LogP contribution in [-0.4, -0.2) is 26.3 Å². The van der Waals surface area contributed by atoms with Crippen molar-refractivity contribution in [2.75, 3.05) is 21.3 Å². The zero-order valence-electron chi connectivity index (χ0n) is 12.4. The van der Waals surface area contributed by atoms with Crippen LogP contribution in [0.25, 0.3) is 0 Å². The van der Waals surface area contributed by atoms with Crippen LogP contribution in [0.4, 0.5) is 4.39 Å². The quantitative estimate of drug-likeness (QED) is 0.888. The van der Waals surface area contributed by atoms with Crippen molar-refractivity contribution >= 4 is 0 Å². The number of hydrogen-bond donors (Lipinski definition) is 1. The molecule has 0 saturated carbocycles. The second-order valence-electron chi connectivity index (χ2n) is 4.65. The van der Waals surface area contributed by atoms with E-state index in [9.17, 15) is 4.39 Å². The van der Waals surface area contributed by atoms with Crippen molar-refractivity contribution in [2.45, 2.75) is 12.5 Å². The highest BCUT2D eigenvalue weighted by Crippen LogP contribution is 2.24. The van der Waals surface area contributed by atoms with Crippen molar-refractivity contribution < 1.29 is 13.9 Å². The minimum absolute atomic E-state index is 0.000557. The van der Waals surface area contributed by atoms with E-state index in [1.165, 1.54) is 13.2 Å². The summed E-state index contributed by atoms with van der Waals surface area (Å²) in [6, 6.07) is 8.77. The van der Waals surface area contributed by atoms with Gasteiger partial charge in [0.25, 0.3) is 0 Å². The Hall–Kier alpha value is -2.14. The van der Waals surface area contributed by atoms with Crippen LogP contribution in [0.1, 0.15) is 17.2 Å². The van der Waals surface area contributed by atoms with Gasteiger partial charge in [-0.25, -0.2) is 9.37 Å². The van der Waals surface area contributed by atoms with Gasteiger partial charge < -0.3 is 14.8 Å². The predicted molar refractivity (Wildman–Crippen MR) is 79.2 cm³/mol. The molecule has 0 bridgehead atoms. The first-order chi connectivity index (χ1) is 10.2. The van der Waals surface area contributed by atoms with Gasteiger partial charge in [-0.1, -0.05) is 12.1 Å². The number of hydrogen-bond acceptors (Lipinski definition) is 4. The smallest absolute Gasteiger partial charge is 0.212 e. The second kappa shape index (κ2) is 7.04. The normalized spacial score (nSPS) is 12.0. The lowest BCUT2D eigenvalue weighted by Gasteiger charge is -2.17. The molecule has 1 atom stereocenters. The summed E-state index contributed by atoms with van der Waals surface area (Å²) in [5.41, 5.74) is 1.91. The number of ether oxygens (including phenoxy) is 2. The number of pyridine rings is 1. The molecule has 1 aromatic heterocycles. The Morgan fingerprint density at radius 1 is 1.19 bits per heavy atom. The van der Waals surface area contributed by atoms with E-state index in [0.717, 1.165) is 11.1 Å². The molecule has 0 aliphatic rings. The van der Waals surface area contributed by atoms with Gasteiger partial charge in [-0.3, -0.25) is 0 Å². The molecule has 0 saturated heterocycles. The molecule has 0 radical (unpaired) electrons. The average molecular weight is 290 g/mol. The van der Waals surface area contributed by atoms with E-state index in [0.29, 0.717) is 12.3 Å². The molecule has 0 aliphatic carbocycles. The van der Waals surface area contributed by atoms with Crippen LogP contribution in [-0.2, 0) is 6.42 Å². The first-order valence-electron chi connectivity index (χ1n) is 6.67. The molecule has 1 N–H and O–H groups in total. The van der Waals surface area contributed by atoms with E-state index in [4.69, 9.17) is 9.47 Å². The van der Waals surface area contributed by atoms with Gasteiger partial charge in [-0.05, 0) is 36.7 Å². The monoisotopic (exact) mass is 290 g/mol. The topological polar surface area (TPSA) is 43.4 Å². The zero-order valence-corrected chi connectivity index (χ0v) is 12.4. The van der Waals surface area contributed by atoms with Gasteiger partial charge in [0.15, 0.2) is 11.6 Å². The fraction of sp³-hybridized carbons (Fsp3) is 0.312. The Balaban J connectivity index is 2.16. The highest BCUT2D eigenvalue weighted by atomic mass is 19.1. The first kappa shape index (κ1) is 15.3. The standard InChI is InChI=1S/C16H19FN2O2/c1-18-14(8-11-4-7-16(21-3)19-10-11)12-5-6-15(20-2)13(17)9-12/h4-7,9-10,14,18H,8H2,1-3H3. The van der Waals surface area contributed by atoms with Crippen molar-refractivity contribution in [3.05, 3.63) is 53.5 Å². The maximum atomic E-state index is 13.8. The zero-order chi connectivity index (χ0) is 15.2. The van der Waals surface area contributed by atoms with Crippen LogP contribution in [0.15, 0.2) is 36.5 Å². The molecule has 2 rings (SSSR count). The van der Waals surface area contributed by atoms with Crippen molar-refractivity contribution in [3.63, 3.8) is 0 Å². The van der Waals surface area contributed by atoms with Gasteiger partial charge in [0.05, 0.1) is 14.2 Å². The Morgan fingerprint density at radius 3 is 2.52 bits per heavy atom. The Bertz CT molecular complexity index is 587. The van der Waals surface area contributed by atoms with Gasteiger partial charge in [0.2, 0.25) is 5.88 Å². The second-order valence-corrected chi connectivity index (χ2v) is 4.65. The number of nitrogens with one attached hydrogen (secondary N) is 1. The molecule has 1 heterocycles. The van der Waals surface area contributed by atoms with E-state index in [-0.39, 0.29) is 17.6 Å². The number of likely N-dealkylation sites (N-methyl/N-ethyl adjacent to an activating group) is 1. The third-order valence-corrected chi connectivity index (χ3v) is 3.37. The SMILES string of the molecule is CNC(Cc1ccc(OC)nc1)c1ccc(OC)c(F)c1. The summed E-state index contributed by atoms with van der Waals surface area (Å²) in [5.74, 6) is 0.470. The third-order valence-electron chi connectivity index (χ3n) is 3.37. The van der Waals surface area contributed by atoms with Crippen molar-refractivity contribution in [3.8, 4) is 11.6 Å². The van der Waals surface area contributed by atoms with Gasteiger partial charge in [-0.15, -0.1) is 0 Å². The summed E-state index contributed by atoms with van der Waals surface area (Å²) in [7, 11) is 4.89. The molecule has 0 spiro atoms. The summed E-state index contributed by atoms with van der Waals surface area (Å²) in [6.45, 7) is 0. The molecule has 4 nitrogen and oxygen atoms in total. The first-order valence-corrected chi connectivity index (χ1v) is 6.67. The summed E-state index contributed by atoms with van der Waals surface area (Å²) in [4.78, 5) is 4.18. The van der Waals surface area contributed by atoms with Crippen LogP contribution < -0.4 is 14.8 Å². The summed E-state index contributed by atoms with van der Waals surface area (Å²) < 4.78 is 23.8. The van der Waals surface area contributed by atoms with E-state index in [1.807, 2.05) is 25.2 Å². The Morgan fingerprint density at radius 2 is 2.00 bits per heavy atom. The lowest BCUT2D eigenvalue weighted by molar-refractivity contribution is 0.385. The maximum Gasteiger partial charge on any atom is 0.212 e. The summed E-state index contributed by atoms with van der Waals surface area (Å²) in [6.07, 6.45) is 2.47. The minimum Gasteiger partial charge on any atom is -0.494 e. The van der Waals surface area contributed by atoms with Crippen LogP contribution in [0, 0.1) is 5.82 Å². The molecule has 21 heavy (non-hydrogen) atoms. The largest absolute Gasteiger partial charge is 0.494 e. The number of aromatic nitrogens is 1. The van der Waals surface area contributed by atoms with Gasteiger partial charge in [0, 0.05) is 18.3 Å². The van der Waals surface area contributed by atoms with Crippen LogP contribution in [0.2, 0.25) is 0 Å². The Kier molecular flexibility index (Phi) is 5.11. The van der Waals surface area contributed by atoms with E-state index in [2.05, 4.69) is 10.3 Å². The molecular formula is C16H19FN2O2. The van der Waals surface area contributed by atoms with Gasteiger partial charge >= 0.3 is 0 Å². The number of rotatable bonds is 6. The fourth-order valence-electron chi connectivity index (χ4n) is 2.17. The maximum absolute atomic E-state index is 13.8. The van der Waals surface area contributed by atoms with Crippen LogP contribution in [0.3, 0.4) is 0 Å². The molecule has 0 fully saturated rings. The highest BCUT2D eigenvalue weighted by molar-refractivity contribution is 5.32. The number of methoxy groups -OCH3 is 2. The summed E-state index contributed by atoms with van der Waals surface area (Å²) in [5, 5.41) is 3.19. The van der Waals surface area contributed by atoms with Gasteiger partial charge in [0.1, 0.15) is 0 Å². The lowest BCUT2D eigenvalue weighted by atomic mass is 9.99. The molecule has 0 amide bonds. The van der Waals surface area contributed by atoms with Gasteiger partial charge in [-0.2, -0.15) is 0 Å². The van der Waals surface area contributed by atoms with Crippen molar-refractivity contribution in [1.29, 1.82) is 0 Å². The fourth-order valence-corrected chi connectivity index (χ4v) is 2.17. The number of benzene rings is 1. The molecule has 1 unspecified atom stereocenters. The molecule has 112 valence electrons. The van der Waals surface area contributed by atoms with Crippen LogP contribution in [0.5, 0.6) is 11.6 Å². The predicted octanol–water partition coefficient (Wildman–Crippen LogP) is 2.74. The van der Waals surface area contributed by atoms with Crippen molar-refractivity contribution in [1.82, 2.24) is 10.3 Å². The van der Waals surface area contributed by atoms with E-state index in [1.54, 1.807) is 19.4 Å². The minimum atomic E-state index is -0.358. The van der Waals surface area contributed by atoms with E-state index < -0.39 is 0 Å². The Labute approximate surface area is 123 Å². The molecule has 0 aliphatic heterocycles. The molecule has 5 heteroatoms. The number of halogens is 1. The highest BCUT2D eigenvalue weighted by Gasteiger charge is 2.13.